The molecule has 3 amide bonds. The van der Waals surface area contributed by atoms with Crippen LogP contribution in [0.3, 0.4) is 0 Å². The number of nitrogens with zero attached hydrogens (tertiary/aromatic N) is 3. The third kappa shape index (κ3) is 11.8. The maximum absolute atomic E-state index is 13.7. The lowest BCUT2D eigenvalue weighted by Crippen LogP contribution is -2.70. The lowest BCUT2D eigenvalue weighted by molar-refractivity contribution is -0.170. The molecule has 12 rings (SSSR count). The second-order valence-corrected chi connectivity index (χ2v) is 26.7. The van der Waals surface area contributed by atoms with Crippen molar-refractivity contribution in [3.63, 3.8) is 0 Å². The number of rotatable bonds is 6. The molecule has 26 N–H and O–H groups in total. The quantitative estimate of drug-likeness (QED) is 0.115. The van der Waals surface area contributed by atoms with Gasteiger partial charge in [0.1, 0.15) is 68.5 Å². The molecule has 0 aliphatic heterocycles. The normalized spacial score (nSPS) is 32.2. The number of hydrogen-bond donors (Lipinski definition) is 19. The molecule has 3 aromatic carbocycles. The van der Waals surface area contributed by atoms with Gasteiger partial charge in [-0.3, -0.25) is 57.9 Å². The molecule has 0 saturated heterocycles. The molecule has 18 atom stereocenters. The third-order valence-electron chi connectivity index (χ3n) is 21.0. The molecule has 3 aromatic rings. The summed E-state index contributed by atoms with van der Waals surface area (Å²) >= 11 is 0. The predicted molar refractivity (Wildman–Crippen MR) is 366 cm³/mol. The lowest BCUT2D eigenvalue weighted by Gasteiger charge is -2.53. The zero-order valence-electron chi connectivity index (χ0n) is 56.8. The largest absolute Gasteiger partial charge is 0.508 e. The number of Topliss-reactive ketones (excluding diaryl/α,β-unsaturated/α-hetero) is 6. The van der Waals surface area contributed by atoms with Crippen molar-refractivity contribution in [1.82, 2.24) is 14.7 Å². The molecular weight excluding hydrogens is 1400 g/mol. The monoisotopic (exact) mass is 1490 g/mol. The Balaban J connectivity index is 0.000000267. The summed E-state index contributed by atoms with van der Waals surface area (Å²) < 4.78 is 0. The zero-order valence-corrected chi connectivity index (χ0v) is 58.4. The highest BCUT2D eigenvalue weighted by Crippen LogP contribution is 2.60. The standard InChI is InChI=1S/3C22H24N2O8.C2H6O.2ClH.2H2O/c3*1-7-8-5-4-6-9(25)11(8)16(26)12-10(7)17(27)14-15(24(2)3)18(28)13(21(23)31)20(30)22(14,32)19(12)29;1-2-3;;;;/h3*4-7,10,14-15,17,25-27,30,32H,1-3H3,(H2,23,31);3H,2H2,1H3;2*1H;2*1H2/t3*7-,10+,14+,15-,17-,22-;;;;;/m000...../s1. The summed E-state index contributed by atoms with van der Waals surface area (Å²) in [6.45, 7) is 6.96. The van der Waals surface area contributed by atoms with Crippen molar-refractivity contribution in [1.29, 1.82) is 0 Å². The fourth-order valence-electron chi connectivity index (χ4n) is 16.7. The average Bonchev–Trinajstić information content (AvgIpc) is 0.702. The Kier molecular flexibility index (Phi) is 24.2. The summed E-state index contributed by atoms with van der Waals surface area (Å²) in [6, 6.07) is 9.39. The summed E-state index contributed by atoms with van der Waals surface area (Å²) in [5.74, 6) is -26.6. The molecular formula is C68H84Cl2N6O27. The van der Waals surface area contributed by atoms with E-state index in [9.17, 15) is 120 Å². The number of hydrogen-bond acceptors (Lipinski definition) is 28. The van der Waals surface area contributed by atoms with Gasteiger partial charge in [-0.2, -0.15) is 0 Å². The minimum atomic E-state index is -2.89. The number of likely N-dealkylation sites (N-methyl/N-ethyl adjacent to an activating group) is 3. The van der Waals surface area contributed by atoms with Crippen LogP contribution < -0.4 is 17.2 Å². The van der Waals surface area contributed by atoms with Gasteiger partial charge < -0.3 is 110 Å². The van der Waals surface area contributed by atoms with Crippen LogP contribution in [0.4, 0.5) is 0 Å². The van der Waals surface area contributed by atoms with Gasteiger partial charge in [0.2, 0.25) is 17.3 Å². The Bertz CT molecular complexity index is 3870. The molecule has 9 aliphatic carbocycles. The number of aromatic hydroxyl groups is 3. The predicted octanol–water partition coefficient (Wildman–Crippen LogP) is -2.32. The number of halogens is 2. The number of nitrogens with two attached hydrogens (primary N) is 3. The van der Waals surface area contributed by atoms with Gasteiger partial charge in [-0.1, -0.05) is 57.2 Å². The van der Waals surface area contributed by atoms with E-state index in [1.165, 1.54) is 75.2 Å². The number of fused-ring (bicyclic) bond motifs is 9. The second kappa shape index (κ2) is 29.5. The Morgan fingerprint density at radius 1 is 0.417 bits per heavy atom. The first-order valence-electron chi connectivity index (χ1n) is 31.1. The summed E-state index contributed by atoms with van der Waals surface area (Å²) in [5.41, 5.74) is 4.41. The number of ketones is 6. The SMILES string of the molecule is CCO.C[C@H]1c2cccc(O)c2C(O)=C2C(=O)[C@]3(O)C(O)=C(C(N)=O)C(=O)[C@@H](N(C)C)[C@@H]3[C@@H](O)[C@@H]21.C[C@H]1c2cccc(O)c2C(O)=C2C(=O)[C@]3(O)C(O)=C(C(N)=O)C(=O)[C@@H](N(C)C)[C@@H]3[C@@H](O)[C@@H]21.C[C@H]1c2cccc(O)c2C(O)=C2C(=O)[C@]3(O)C(O)=C(C(N)=O)C(=O)[C@@H](N(C)C)[C@@H]3[C@@H](O)[C@@H]21.Cl.Cl.O.O. The van der Waals surface area contributed by atoms with Crippen LogP contribution >= 0.6 is 24.8 Å². The van der Waals surface area contributed by atoms with Crippen LogP contribution in [0.5, 0.6) is 17.2 Å². The van der Waals surface area contributed by atoms with Crippen molar-refractivity contribution in [2.75, 3.05) is 48.9 Å². The molecule has 0 aromatic heterocycles. The van der Waals surface area contributed by atoms with Crippen molar-refractivity contribution >= 4 is 94.5 Å². The van der Waals surface area contributed by atoms with Crippen molar-refractivity contribution in [3.05, 3.63) is 139 Å². The molecule has 0 radical (unpaired) electrons. The highest BCUT2D eigenvalue weighted by atomic mass is 35.5. The molecule has 33 nitrogen and oxygen atoms in total. The van der Waals surface area contributed by atoms with Crippen LogP contribution in [0.1, 0.15) is 78.8 Å². The number of primary amides is 3. The summed E-state index contributed by atoms with van der Waals surface area (Å²) in [7, 11) is 8.76. The maximum Gasteiger partial charge on any atom is 0.255 e. The van der Waals surface area contributed by atoms with E-state index < -0.39 is 227 Å². The second-order valence-electron chi connectivity index (χ2n) is 26.7. The number of amides is 3. The molecule has 3 saturated carbocycles. The van der Waals surface area contributed by atoms with E-state index in [2.05, 4.69) is 0 Å². The Morgan fingerprint density at radius 2 is 0.612 bits per heavy atom. The maximum atomic E-state index is 13.7. The lowest BCUT2D eigenvalue weighted by atomic mass is 9.54. The van der Waals surface area contributed by atoms with E-state index in [0.29, 0.717) is 16.7 Å². The van der Waals surface area contributed by atoms with Gasteiger partial charge in [-0.05, 0) is 102 Å². The van der Waals surface area contributed by atoms with E-state index in [1.54, 1.807) is 64.1 Å². The first-order chi connectivity index (χ1) is 46.0. The number of carbonyl (C=O) groups excluding carboxylic acids is 9. The summed E-state index contributed by atoms with van der Waals surface area (Å²) in [4.78, 5) is 120. The summed E-state index contributed by atoms with van der Waals surface area (Å²) in [6.07, 6.45) is -4.77. The third-order valence-corrected chi connectivity index (χ3v) is 21.0. The van der Waals surface area contributed by atoms with Crippen molar-refractivity contribution in [2.45, 2.75) is 98.7 Å². The topological polar surface area (TPSA) is 628 Å². The van der Waals surface area contributed by atoms with Crippen LogP contribution in [0.15, 0.2) is 105 Å². The van der Waals surface area contributed by atoms with E-state index >= 15 is 0 Å². The van der Waals surface area contributed by atoms with Crippen molar-refractivity contribution < 1.29 is 136 Å². The molecule has 35 heteroatoms. The van der Waals surface area contributed by atoms with Crippen LogP contribution in [-0.4, -0.2) is 262 Å². The van der Waals surface area contributed by atoms with Gasteiger partial charge in [0.25, 0.3) is 17.7 Å². The van der Waals surface area contributed by atoms with Gasteiger partial charge >= 0.3 is 0 Å². The van der Waals surface area contributed by atoms with E-state index in [-0.39, 0.29) is 76.3 Å². The first-order valence-corrected chi connectivity index (χ1v) is 31.1. The minimum Gasteiger partial charge on any atom is -0.508 e. The molecule has 9 aliphatic rings. The van der Waals surface area contributed by atoms with Crippen LogP contribution in [0.25, 0.3) is 17.3 Å². The molecule has 0 spiro atoms. The number of carbonyl (C=O) groups is 9. The van der Waals surface area contributed by atoms with Gasteiger partial charge in [0.15, 0.2) is 34.2 Å². The smallest absolute Gasteiger partial charge is 0.255 e. The molecule has 0 bridgehead atoms. The number of phenolic OH excluding ortho intramolecular Hbond substituents is 3. The van der Waals surface area contributed by atoms with Crippen molar-refractivity contribution in [3.8, 4) is 17.2 Å². The molecule has 103 heavy (non-hydrogen) atoms. The highest BCUT2D eigenvalue weighted by molar-refractivity contribution is 6.27. The number of aliphatic hydroxyl groups is 13. The van der Waals surface area contributed by atoms with Crippen molar-refractivity contribution in [2.24, 2.45) is 52.7 Å². The Hall–Kier alpha value is -9.17. The highest BCUT2D eigenvalue weighted by Gasteiger charge is 2.72. The molecule has 3 fully saturated rings. The Morgan fingerprint density at radius 3 is 0.786 bits per heavy atom. The van der Waals surface area contributed by atoms with Gasteiger partial charge in [0, 0.05) is 41.1 Å². The fourth-order valence-corrected chi connectivity index (χ4v) is 16.7. The molecule has 0 unspecified atom stereocenters. The summed E-state index contributed by atoms with van der Waals surface area (Å²) in [5, 5.41) is 172. The van der Waals surface area contributed by atoms with Gasteiger partial charge in [0.05, 0.1) is 70.9 Å². The van der Waals surface area contributed by atoms with E-state index in [0.717, 1.165) is 0 Å². The number of phenols is 3. The fraction of sp³-hybridized carbons (Fsp3) is 0.426. The van der Waals surface area contributed by atoms with E-state index in [4.69, 9.17) is 22.3 Å². The first kappa shape index (κ1) is 84.5. The van der Waals surface area contributed by atoms with Gasteiger partial charge in [-0.15, -0.1) is 24.8 Å². The zero-order chi connectivity index (χ0) is 74.3. The van der Waals surface area contributed by atoms with E-state index in [1.807, 2.05) is 0 Å². The van der Waals surface area contributed by atoms with Gasteiger partial charge in [-0.25, -0.2) is 0 Å². The van der Waals surface area contributed by atoms with Crippen LogP contribution in [0.2, 0.25) is 0 Å². The molecule has 0 heterocycles. The molecule has 562 valence electrons. The number of aliphatic hydroxyl groups excluding tert-OH is 10. The van der Waals surface area contributed by atoms with Crippen LogP contribution in [0, 0.1) is 35.5 Å². The average molecular weight is 1490 g/mol. The van der Waals surface area contributed by atoms with Crippen LogP contribution in [-0.2, 0) is 43.2 Å². The Labute approximate surface area is 598 Å². The number of benzene rings is 3. The minimum absolute atomic E-state index is 0.